The molecule has 1 N–H and O–H groups in total. The number of carboxylic acids is 1. The van der Waals surface area contributed by atoms with Crippen LogP contribution < -0.4 is 4.18 Å². The van der Waals surface area contributed by atoms with Gasteiger partial charge < -0.3 is 14.2 Å². The summed E-state index contributed by atoms with van der Waals surface area (Å²) in [6.07, 6.45) is 3.11. The Bertz CT molecular complexity index is 1400. The van der Waals surface area contributed by atoms with E-state index >= 15 is 0 Å². The van der Waals surface area contributed by atoms with Gasteiger partial charge in [0.05, 0.1) is 6.42 Å². The van der Waals surface area contributed by atoms with E-state index in [1.165, 1.54) is 18.2 Å². The van der Waals surface area contributed by atoms with Crippen LogP contribution >= 0.6 is 0 Å². The molecule has 0 radical (unpaired) electrons. The van der Waals surface area contributed by atoms with Gasteiger partial charge in [0, 0.05) is 47.8 Å². The van der Waals surface area contributed by atoms with E-state index in [1.807, 2.05) is 4.90 Å². The topological polar surface area (TPSA) is 118 Å². The SMILES string of the molecule is O=C(O)CCN1C2=C(C(=O)CCC2)C(c2cccc(OS(=O)(=O)c3ccccc3)c2)C2=C1CCCC2=O. The fourth-order valence-corrected chi connectivity index (χ4v) is 6.48. The van der Waals surface area contributed by atoms with Gasteiger partial charge >= 0.3 is 16.1 Å². The quantitative estimate of drug-likeness (QED) is 0.535. The van der Waals surface area contributed by atoms with Crippen molar-refractivity contribution in [3.05, 3.63) is 82.7 Å². The molecule has 2 aromatic rings. The van der Waals surface area contributed by atoms with Crippen molar-refractivity contribution in [3.8, 4) is 5.75 Å². The summed E-state index contributed by atoms with van der Waals surface area (Å²) in [5.74, 6) is -1.64. The second-order valence-corrected chi connectivity index (χ2v) is 11.0. The fraction of sp³-hybridized carbons (Fsp3) is 0.321. The van der Waals surface area contributed by atoms with E-state index in [0.717, 1.165) is 11.4 Å². The smallest absolute Gasteiger partial charge is 0.339 e. The maximum atomic E-state index is 13.3. The van der Waals surface area contributed by atoms with Gasteiger partial charge in [-0.1, -0.05) is 30.3 Å². The normalized spacial score (nSPS) is 18.5. The molecule has 37 heavy (non-hydrogen) atoms. The Morgan fingerprint density at radius 1 is 0.892 bits per heavy atom. The highest BCUT2D eigenvalue weighted by Crippen LogP contribution is 2.49. The van der Waals surface area contributed by atoms with Crippen molar-refractivity contribution in [1.29, 1.82) is 0 Å². The average molecular weight is 522 g/mol. The summed E-state index contributed by atoms with van der Waals surface area (Å²) in [4.78, 5) is 39.9. The first-order chi connectivity index (χ1) is 17.8. The number of ketones is 2. The van der Waals surface area contributed by atoms with Crippen LogP contribution in [0.4, 0.5) is 0 Å². The van der Waals surface area contributed by atoms with Crippen molar-refractivity contribution < 1.29 is 32.1 Å². The van der Waals surface area contributed by atoms with Crippen LogP contribution in [0.25, 0.3) is 0 Å². The second-order valence-electron chi connectivity index (χ2n) is 9.43. The van der Waals surface area contributed by atoms with E-state index in [2.05, 4.69) is 0 Å². The van der Waals surface area contributed by atoms with Gasteiger partial charge in [-0.15, -0.1) is 0 Å². The lowest BCUT2D eigenvalue weighted by atomic mass is 9.71. The Balaban J connectivity index is 1.60. The molecule has 0 amide bonds. The largest absolute Gasteiger partial charge is 0.481 e. The van der Waals surface area contributed by atoms with Crippen LogP contribution in [0.2, 0.25) is 0 Å². The van der Waals surface area contributed by atoms with Crippen molar-refractivity contribution in [2.45, 2.75) is 55.8 Å². The van der Waals surface area contributed by atoms with Crippen LogP contribution in [-0.2, 0) is 24.5 Å². The van der Waals surface area contributed by atoms with Crippen molar-refractivity contribution in [1.82, 2.24) is 4.90 Å². The number of aliphatic carboxylic acids is 1. The van der Waals surface area contributed by atoms with Gasteiger partial charge in [-0.25, -0.2) is 0 Å². The summed E-state index contributed by atoms with van der Waals surface area (Å²) < 4.78 is 31.1. The first kappa shape index (κ1) is 25.0. The van der Waals surface area contributed by atoms with Gasteiger partial charge in [-0.05, 0) is 55.5 Å². The zero-order valence-corrected chi connectivity index (χ0v) is 21.0. The summed E-state index contributed by atoms with van der Waals surface area (Å²) in [6, 6.07) is 14.4. The molecular formula is C28H27NO7S. The third-order valence-electron chi connectivity index (χ3n) is 7.06. The Morgan fingerprint density at radius 2 is 1.51 bits per heavy atom. The third-order valence-corrected chi connectivity index (χ3v) is 8.33. The van der Waals surface area contributed by atoms with E-state index < -0.39 is 22.0 Å². The molecule has 0 saturated heterocycles. The third kappa shape index (κ3) is 4.83. The molecule has 5 rings (SSSR count). The molecule has 3 aliphatic rings. The number of hydrogen-bond acceptors (Lipinski definition) is 7. The van der Waals surface area contributed by atoms with Crippen LogP contribution in [0.3, 0.4) is 0 Å². The van der Waals surface area contributed by atoms with E-state index in [0.29, 0.717) is 55.2 Å². The monoisotopic (exact) mass is 521 g/mol. The van der Waals surface area contributed by atoms with Crippen molar-refractivity contribution in [3.63, 3.8) is 0 Å². The van der Waals surface area contributed by atoms with Crippen molar-refractivity contribution in [2.75, 3.05) is 6.54 Å². The molecule has 0 bridgehead atoms. The summed E-state index contributed by atoms with van der Waals surface area (Å²) in [6.45, 7) is 0.193. The lowest BCUT2D eigenvalue weighted by Crippen LogP contribution is -2.39. The molecule has 2 aromatic carbocycles. The second kappa shape index (κ2) is 9.97. The Labute approximate surface area is 215 Å². The lowest BCUT2D eigenvalue weighted by molar-refractivity contribution is -0.137. The van der Waals surface area contributed by atoms with Gasteiger partial charge in [-0.3, -0.25) is 14.4 Å². The van der Waals surface area contributed by atoms with Gasteiger partial charge in [0.15, 0.2) is 11.6 Å². The van der Waals surface area contributed by atoms with Crippen LogP contribution in [0, 0.1) is 0 Å². The van der Waals surface area contributed by atoms with Crippen molar-refractivity contribution >= 4 is 27.7 Å². The summed E-state index contributed by atoms with van der Waals surface area (Å²) in [7, 11) is -4.08. The predicted octanol–water partition coefficient (Wildman–Crippen LogP) is 4.34. The summed E-state index contributed by atoms with van der Waals surface area (Å²) in [5, 5.41) is 9.32. The number of carbonyl (C=O) groups is 3. The number of carboxylic acid groups (broad SMARTS) is 1. The Hall–Kier alpha value is -3.72. The highest BCUT2D eigenvalue weighted by atomic mass is 32.2. The molecule has 0 atom stereocenters. The number of benzene rings is 2. The maximum Gasteiger partial charge on any atom is 0.339 e. The zero-order chi connectivity index (χ0) is 26.2. The molecule has 0 unspecified atom stereocenters. The fourth-order valence-electron chi connectivity index (χ4n) is 5.54. The first-order valence-corrected chi connectivity index (χ1v) is 13.8. The highest BCUT2D eigenvalue weighted by molar-refractivity contribution is 7.87. The number of Topliss-reactive ketones (excluding diaryl/α,β-unsaturated/α-hetero) is 2. The van der Waals surface area contributed by atoms with Gasteiger partial charge in [0.25, 0.3) is 0 Å². The predicted molar refractivity (Wildman–Crippen MR) is 134 cm³/mol. The van der Waals surface area contributed by atoms with E-state index in [9.17, 15) is 27.9 Å². The van der Waals surface area contributed by atoms with E-state index in [-0.39, 0.29) is 35.2 Å². The summed E-state index contributed by atoms with van der Waals surface area (Å²) >= 11 is 0. The number of carbonyl (C=O) groups excluding carboxylic acids is 2. The van der Waals surface area contributed by atoms with E-state index in [1.54, 1.807) is 36.4 Å². The van der Waals surface area contributed by atoms with Crippen LogP contribution in [0.1, 0.15) is 56.4 Å². The molecule has 0 saturated carbocycles. The molecular weight excluding hydrogens is 494 g/mol. The Morgan fingerprint density at radius 3 is 2.11 bits per heavy atom. The first-order valence-electron chi connectivity index (χ1n) is 12.4. The van der Waals surface area contributed by atoms with Crippen molar-refractivity contribution in [2.24, 2.45) is 0 Å². The molecule has 192 valence electrons. The molecule has 1 aliphatic heterocycles. The van der Waals surface area contributed by atoms with Gasteiger partial charge in [0.1, 0.15) is 10.6 Å². The number of allylic oxidation sites excluding steroid dienone is 4. The molecule has 9 heteroatoms. The standard InChI is InChI=1S/C28H27NO7S/c30-23-13-5-11-21-27(23)26(28-22(12-6-14-24(28)31)29(21)16-15-25(32)33)18-7-4-8-19(17-18)36-37(34,35)20-9-2-1-3-10-20/h1-4,7-10,17,26H,5-6,11-16H2,(H,32,33). The molecule has 1 heterocycles. The van der Waals surface area contributed by atoms with Crippen LogP contribution in [0.5, 0.6) is 5.75 Å². The van der Waals surface area contributed by atoms with Crippen LogP contribution in [-0.4, -0.2) is 42.5 Å². The number of hydrogen-bond donors (Lipinski definition) is 1. The van der Waals surface area contributed by atoms with Crippen LogP contribution in [0.15, 0.2) is 82.0 Å². The average Bonchev–Trinajstić information content (AvgIpc) is 2.87. The minimum atomic E-state index is -4.08. The highest BCUT2D eigenvalue weighted by Gasteiger charge is 2.43. The minimum absolute atomic E-state index is 0.0204. The molecule has 0 spiro atoms. The zero-order valence-electron chi connectivity index (χ0n) is 20.2. The number of nitrogens with zero attached hydrogens (tertiary/aromatic N) is 1. The summed E-state index contributed by atoms with van der Waals surface area (Å²) in [5.41, 5.74) is 3.17. The minimum Gasteiger partial charge on any atom is -0.481 e. The Kier molecular flexibility index (Phi) is 6.72. The maximum absolute atomic E-state index is 13.3. The molecule has 8 nitrogen and oxygen atoms in total. The molecule has 0 aromatic heterocycles. The molecule has 0 fully saturated rings. The lowest BCUT2D eigenvalue weighted by Gasteiger charge is -2.44. The van der Waals surface area contributed by atoms with E-state index in [4.69, 9.17) is 4.18 Å². The van der Waals surface area contributed by atoms with Gasteiger partial charge in [0.2, 0.25) is 0 Å². The van der Waals surface area contributed by atoms with Gasteiger partial charge in [-0.2, -0.15) is 8.42 Å². The number of rotatable bonds is 7. The molecule has 2 aliphatic carbocycles.